The standard InChI is InChI=1S/C22H17N5O2S/c1-13-16-9-14(7-8-18(16)26-21(13)29)19(28)11-30-22-17-10-25-27(20(17)23-12-24-22)15-5-3-2-4-6-15/h2-10,12-13H,11H2,1H3,(H,26,29). The number of fused-ring (bicyclic) bond motifs is 2. The van der Waals surface area contributed by atoms with Gasteiger partial charge < -0.3 is 5.32 Å². The first-order valence-corrected chi connectivity index (χ1v) is 10.5. The zero-order valence-corrected chi connectivity index (χ0v) is 16.9. The maximum atomic E-state index is 12.8. The molecule has 0 saturated carbocycles. The van der Waals surface area contributed by atoms with Crippen LogP contribution in [0.4, 0.5) is 5.69 Å². The fraction of sp³-hybridized carbons (Fsp3) is 0.136. The van der Waals surface area contributed by atoms with Crippen LogP contribution in [0.1, 0.15) is 28.8 Å². The lowest BCUT2D eigenvalue weighted by molar-refractivity contribution is -0.116. The number of para-hydroxylation sites is 1. The molecule has 1 atom stereocenters. The summed E-state index contributed by atoms with van der Waals surface area (Å²) in [7, 11) is 0. The maximum absolute atomic E-state index is 12.8. The van der Waals surface area contributed by atoms with E-state index >= 15 is 0 Å². The summed E-state index contributed by atoms with van der Waals surface area (Å²) in [5.41, 5.74) is 3.84. The smallest absolute Gasteiger partial charge is 0.231 e. The van der Waals surface area contributed by atoms with E-state index in [0.717, 1.165) is 22.3 Å². The molecule has 1 unspecified atom stereocenters. The number of hydrogen-bond donors (Lipinski definition) is 1. The number of carbonyl (C=O) groups excluding carboxylic acids is 2. The van der Waals surface area contributed by atoms with Gasteiger partial charge in [0.05, 0.1) is 28.9 Å². The fourth-order valence-electron chi connectivity index (χ4n) is 3.50. The summed E-state index contributed by atoms with van der Waals surface area (Å²) in [6, 6.07) is 15.1. The Morgan fingerprint density at radius 1 is 1.17 bits per heavy atom. The van der Waals surface area contributed by atoms with E-state index in [2.05, 4.69) is 20.4 Å². The Kier molecular flexibility index (Phi) is 4.55. The summed E-state index contributed by atoms with van der Waals surface area (Å²) < 4.78 is 1.76. The molecule has 3 heterocycles. The monoisotopic (exact) mass is 415 g/mol. The van der Waals surface area contributed by atoms with Crippen molar-refractivity contribution in [1.82, 2.24) is 19.7 Å². The number of rotatable bonds is 5. The van der Waals surface area contributed by atoms with Gasteiger partial charge >= 0.3 is 0 Å². The average molecular weight is 415 g/mol. The molecule has 1 N–H and O–H groups in total. The number of ketones is 1. The van der Waals surface area contributed by atoms with E-state index in [0.29, 0.717) is 16.2 Å². The molecule has 0 fully saturated rings. The van der Waals surface area contributed by atoms with Crippen LogP contribution >= 0.6 is 11.8 Å². The minimum Gasteiger partial charge on any atom is -0.325 e. The first kappa shape index (κ1) is 18.5. The second-order valence-corrected chi connectivity index (χ2v) is 8.00. The van der Waals surface area contributed by atoms with Crippen LogP contribution in [0.25, 0.3) is 16.7 Å². The van der Waals surface area contributed by atoms with Gasteiger partial charge in [-0.3, -0.25) is 9.59 Å². The molecule has 0 radical (unpaired) electrons. The zero-order chi connectivity index (χ0) is 20.7. The number of aromatic nitrogens is 4. The van der Waals surface area contributed by atoms with Crippen molar-refractivity contribution in [3.8, 4) is 5.69 Å². The quantitative estimate of drug-likeness (QED) is 0.303. The molecule has 0 bridgehead atoms. The maximum Gasteiger partial charge on any atom is 0.231 e. The Hall–Kier alpha value is -3.52. The lowest BCUT2D eigenvalue weighted by Gasteiger charge is -2.06. The molecule has 30 heavy (non-hydrogen) atoms. The van der Waals surface area contributed by atoms with Crippen LogP contribution in [-0.4, -0.2) is 37.2 Å². The van der Waals surface area contributed by atoms with Gasteiger partial charge in [0.1, 0.15) is 11.4 Å². The number of Topliss-reactive ketones (excluding diaryl/α,β-unsaturated/α-hetero) is 1. The van der Waals surface area contributed by atoms with Crippen molar-refractivity contribution in [2.75, 3.05) is 11.1 Å². The third-order valence-corrected chi connectivity index (χ3v) is 6.17. The minimum absolute atomic E-state index is 0.0171. The summed E-state index contributed by atoms with van der Waals surface area (Å²) in [5, 5.41) is 8.78. The number of benzene rings is 2. The normalized spacial score (nSPS) is 15.2. The molecule has 1 aliphatic rings. The van der Waals surface area contributed by atoms with Gasteiger partial charge in [-0.05, 0) is 42.8 Å². The Morgan fingerprint density at radius 3 is 2.83 bits per heavy atom. The molecule has 7 nitrogen and oxygen atoms in total. The van der Waals surface area contributed by atoms with Gasteiger partial charge in [-0.1, -0.05) is 30.0 Å². The van der Waals surface area contributed by atoms with Crippen molar-refractivity contribution >= 4 is 40.2 Å². The second-order valence-electron chi connectivity index (χ2n) is 7.03. The number of thioether (sulfide) groups is 1. The van der Waals surface area contributed by atoms with E-state index in [1.54, 1.807) is 23.0 Å². The minimum atomic E-state index is -0.245. The first-order valence-electron chi connectivity index (χ1n) is 9.47. The van der Waals surface area contributed by atoms with Gasteiger partial charge in [0.25, 0.3) is 0 Å². The Balaban J connectivity index is 1.38. The van der Waals surface area contributed by atoms with Crippen molar-refractivity contribution in [3.63, 3.8) is 0 Å². The van der Waals surface area contributed by atoms with Gasteiger partial charge in [-0.2, -0.15) is 5.10 Å². The molecule has 148 valence electrons. The Morgan fingerprint density at radius 2 is 2.00 bits per heavy atom. The van der Waals surface area contributed by atoms with Gasteiger partial charge in [0.15, 0.2) is 11.4 Å². The third-order valence-electron chi connectivity index (χ3n) is 5.16. The van der Waals surface area contributed by atoms with Crippen LogP contribution in [0, 0.1) is 0 Å². The highest BCUT2D eigenvalue weighted by Gasteiger charge is 2.27. The lowest BCUT2D eigenvalue weighted by atomic mass is 9.99. The summed E-state index contributed by atoms with van der Waals surface area (Å²) >= 11 is 1.36. The predicted molar refractivity (Wildman–Crippen MR) is 115 cm³/mol. The van der Waals surface area contributed by atoms with Crippen LogP contribution in [0.3, 0.4) is 0 Å². The molecule has 0 spiro atoms. The molecule has 1 aliphatic heterocycles. The van der Waals surface area contributed by atoms with Crippen LogP contribution < -0.4 is 5.32 Å². The highest BCUT2D eigenvalue weighted by Crippen LogP contribution is 2.33. The van der Waals surface area contributed by atoms with Crippen LogP contribution in [0.15, 0.2) is 66.1 Å². The first-order chi connectivity index (χ1) is 14.6. The molecule has 0 aliphatic carbocycles. The molecule has 2 aromatic carbocycles. The molecule has 2 aromatic heterocycles. The van der Waals surface area contributed by atoms with E-state index in [9.17, 15) is 9.59 Å². The van der Waals surface area contributed by atoms with Crippen molar-refractivity contribution in [3.05, 3.63) is 72.2 Å². The summed E-state index contributed by atoms with van der Waals surface area (Å²) in [5.74, 6) is -0.0676. The van der Waals surface area contributed by atoms with Crippen LogP contribution in [-0.2, 0) is 4.79 Å². The highest BCUT2D eigenvalue weighted by atomic mass is 32.2. The largest absolute Gasteiger partial charge is 0.325 e. The number of nitrogens with one attached hydrogen (secondary N) is 1. The number of carbonyl (C=O) groups is 2. The second kappa shape index (κ2) is 7.38. The highest BCUT2D eigenvalue weighted by molar-refractivity contribution is 8.00. The predicted octanol–water partition coefficient (Wildman–Crippen LogP) is 3.85. The molecule has 1 amide bonds. The van der Waals surface area contributed by atoms with Crippen LogP contribution in [0.5, 0.6) is 0 Å². The van der Waals surface area contributed by atoms with E-state index in [4.69, 9.17) is 0 Å². The van der Waals surface area contributed by atoms with Crippen molar-refractivity contribution in [1.29, 1.82) is 0 Å². The zero-order valence-electron chi connectivity index (χ0n) is 16.1. The summed E-state index contributed by atoms with van der Waals surface area (Å²) in [6.45, 7) is 1.84. The number of amides is 1. The number of hydrogen-bond acceptors (Lipinski definition) is 6. The lowest BCUT2D eigenvalue weighted by Crippen LogP contribution is -2.08. The SMILES string of the molecule is CC1C(=O)Nc2ccc(C(=O)CSc3ncnc4c3cnn4-c3ccccc3)cc21. The topological polar surface area (TPSA) is 89.8 Å². The van der Waals surface area contributed by atoms with E-state index < -0.39 is 0 Å². The van der Waals surface area contributed by atoms with Crippen molar-refractivity contribution < 1.29 is 9.59 Å². The van der Waals surface area contributed by atoms with Gasteiger partial charge in [-0.25, -0.2) is 14.6 Å². The summed E-state index contributed by atoms with van der Waals surface area (Å²) in [4.78, 5) is 33.3. The molecule has 8 heteroatoms. The molecular formula is C22H17N5O2S. The third kappa shape index (κ3) is 3.15. The number of anilines is 1. The average Bonchev–Trinajstić information content (AvgIpc) is 3.34. The Labute approximate surface area is 176 Å². The molecule has 5 rings (SSSR count). The van der Waals surface area contributed by atoms with Gasteiger partial charge in [-0.15, -0.1) is 0 Å². The van der Waals surface area contributed by atoms with Crippen molar-refractivity contribution in [2.45, 2.75) is 17.9 Å². The van der Waals surface area contributed by atoms with Crippen molar-refractivity contribution in [2.24, 2.45) is 0 Å². The van der Waals surface area contributed by atoms with Gasteiger partial charge in [0, 0.05) is 11.3 Å². The fourth-order valence-corrected chi connectivity index (χ4v) is 4.36. The Bertz CT molecular complexity index is 1290. The number of nitrogens with zero attached hydrogens (tertiary/aromatic N) is 4. The molecule has 4 aromatic rings. The van der Waals surface area contributed by atoms with E-state index in [-0.39, 0.29) is 23.4 Å². The van der Waals surface area contributed by atoms with Gasteiger partial charge in [0.2, 0.25) is 5.91 Å². The van der Waals surface area contributed by atoms with Crippen LogP contribution in [0.2, 0.25) is 0 Å². The molecule has 0 saturated heterocycles. The van der Waals surface area contributed by atoms with E-state index in [1.165, 1.54) is 18.1 Å². The molecular weight excluding hydrogens is 398 g/mol. The van der Waals surface area contributed by atoms with E-state index in [1.807, 2.05) is 43.3 Å². The summed E-state index contributed by atoms with van der Waals surface area (Å²) in [6.07, 6.45) is 3.22.